The molecular weight excluding hydrogens is 320 g/mol. The zero-order chi connectivity index (χ0) is 17.5. The Hall–Kier alpha value is -1.84. The second-order valence-electron chi connectivity index (χ2n) is 5.87. The summed E-state index contributed by atoms with van der Waals surface area (Å²) in [6.45, 7) is 9.20. The molecule has 24 heavy (non-hydrogen) atoms. The van der Waals surface area contributed by atoms with Crippen LogP contribution < -0.4 is 5.32 Å². The van der Waals surface area contributed by atoms with Gasteiger partial charge in [0.1, 0.15) is 0 Å². The molecular formula is C20H25ClN2O. The Bertz CT molecular complexity index is 666. The molecule has 2 rings (SSSR count). The number of benzene rings is 2. The number of nitrogens with zero attached hydrogens (tertiary/aromatic N) is 1. The van der Waals surface area contributed by atoms with Gasteiger partial charge >= 0.3 is 0 Å². The van der Waals surface area contributed by atoms with E-state index in [0.29, 0.717) is 10.6 Å². The summed E-state index contributed by atoms with van der Waals surface area (Å²) in [7, 11) is 0. The van der Waals surface area contributed by atoms with Crippen LogP contribution in [0.1, 0.15) is 48.3 Å². The SMILES string of the molecule is CCN(CC)Cc1ccc(C(=O)NC(C)c2ccccc2Cl)cc1. The van der Waals surface area contributed by atoms with Gasteiger partial charge in [-0.2, -0.15) is 0 Å². The predicted molar refractivity (Wildman–Crippen MR) is 100 cm³/mol. The largest absolute Gasteiger partial charge is 0.345 e. The fraction of sp³-hybridized carbons (Fsp3) is 0.350. The van der Waals surface area contributed by atoms with E-state index >= 15 is 0 Å². The van der Waals surface area contributed by atoms with E-state index in [9.17, 15) is 4.79 Å². The summed E-state index contributed by atoms with van der Waals surface area (Å²) in [5.74, 6) is -0.0863. The topological polar surface area (TPSA) is 32.3 Å². The van der Waals surface area contributed by atoms with Crippen molar-refractivity contribution in [1.29, 1.82) is 0 Å². The summed E-state index contributed by atoms with van der Waals surface area (Å²) < 4.78 is 0. The smallest absolute Gasteiger partial charge is 0.251 e. The summed E-state index contributed by atoms with van der Waals surface area (Å²) in [6, 6.07) is 15.2. The van der Waals surface area contributed by atoms with Gasteiger partial charge in [-0.15, -0.1) is 0 Å². The van der Waals surface area contributed by atoms with Crippen LogP contribution in [0.25, 0.3) is 0 Å². The zero-order valence-electron chi connectivity index (χ0n) is 14.6. The van der Waals surface area contributed by atoms with Crippen molar-refractivity contribution in [3.8, 4) is 0 Å². The molecule has 0 saturated carbocycles. The normalized spacial score (nSPS) is 12.2. The molecule has 2 aromatic carbocycles. The van der Waals surface area contributed by atoms with Gasteiger partial charge in [0, 0.05) is 17.1 Å². The lowest BCUT2D eigenvalue weighted by Crippen LogP contribution is -2.27. The fourth-order valence-electron chi connectivity index (χ4n) is 2.65. The van der Waals surface area contributed by atoms with Crippen molar-refractivity contribution in [2.75, 3.05) is 13.1 Å². The molecule has 0 radical (unpaired) electrons. The number of amides is 1. The van der Waals surface area contributed by atoms with Crippen LogP contribution in [-0.2, 0) is 6.54 Å². The van der Waals surface area contributed by atoms with Crippen molar-refractivity contribution in [3.05, 3.63) is 70.2 Å². The lowest BCUT2D eigenvalue weighted by Gasteiger charge is -2.18. The first-order valence-electron chi connectivity index (χ1n) is 8.41. The molecule has 0 heterocycles. The van der Waals surface area contributed by atoms with Gasteiger partial charge in [-0.3, -0.25) is 9.69 Å². The van der Waals surface area contributed by atoms with Gasteiger partial charge in [0.25, 0.3) is 5.91 Å². The predicted octanol–water partition coefficient (Wildman–Crippen LogP) is 4.67. The van der Waals surface area contributed by atoms with E-state index in [4.69, 9.17) is 11.6 Å². The van der Waals surface area contributed by atoms with Crippen LogP contribution in [0.4, 0.5) is 0 Å². The van der Waals surface area contributed by atoms with Gasteiger partial charge in [0.15, 0.2) is 0 Å². The third-order valence-corrected chi connectivity index (χ3v) is 4.58. The molecule has 0 aliphatic rings. The van der Waals surface area contributed by atoms with Gasteiger partial charge < -0.3 is 5.32 Å². The van der Waals surface area contributed by atoms with E-state index in [0.717, 1.165) is 25.2 Å². The van der Waals surface area contributed by atoms with Crippen LogP contribution in [-0.4, -0.2) is 23.9 Å². The van der Waals surface area contributed by atoms with Crippen LogP contribution >= 0.6 is 11.6 Å². The van der Waals surface area contributed by atoms with Crippen molar-refractivity contribution in [2.24, 2.45) is 0 Å². The fourth-order valence-corrected chi connectivity index (χ4v) is 2.95. The summed E-state index contributed by atoms with van der Waals surface area (Å²) in [5.41, 5.74) is 2.80. The highest BCUT2D eigenvalue weighted by atomic mass is 35.5. The molecule has 128 valence electrons. The summed E-state index contributed by atoms with van der Waals surface area (Å²) in [4.78, 5) is 14.8. The average molecular weight is 345 g/mol. The Balaban J connectivity index is 2.01. The van der Waals surface area contributed by atoms with Gasteiger partial charge in [-0.1, -0.05) is 55.8 Å². The first-order chi connectivity index (χ1) is 11.5. The van der Waals surface area contributed by atoms with Crippen LogP contribution in [0.2, 0.25) is 5.02 Å². The second-order valence-corrected chi connectivity index (χ2v) is 6.28. The van der Waals surface area contributed by atoms with Crippen LogP contribution in [0, 0.1) is 0 Å². The van der Waals surface area contributed by atoms with Crippen LogP contribution in [0.3, 0.4) is 0 Å². The number of halogens is 1. The van der Waals surface area contributed by atoms with Gasteiger partial charge in [-0.25, -0.2) is 0 Å². The quantitative estimate of drug-likeness (QED) is 0.791. The van der Waals surface area contributed by atoms with Crippen molar-refractivity contribution in [2.45, 2.75) is 33.4 Å². The van der Waals surface area contributed by atoms with Crippen LogP contribution in [0.15, 0.2) is 48.5 Å². The van der Waals surface area contributed by atoms with E-state index in [2.05, 4.69) is 24.1 Å². The Morgan fingerprint density at radius 1 is 1.08 bits per heavy atom. The highest BCUT2D eigenvalue weighted by Crippen LogP contribution is 2.22. The van der Waals surface area contributed by atoms with Gasteiger partial charge in [-0.05, 0) is 49.3 Å². The third kappa shape index (κ3) is 4.83. The molecule has 0 aromatic heterocycles. The minimum absolute atomic E-state index is 0.0863. The molecule has 1 unspecified atom stereocenters. The molecule has 2 aromatic rings. The van der Waals surface area contributed by atoms with E-state index in [1.807, 2.05) is 55.5 Å². The molecule has 0 aliphatic heterocycles. The van der Waals surface area contributed by atoms with Crippen molar-refractivity contribution >= 4 is 17.5 Å². The first-order valence-corrected chi connectivity index (χ1v) is 8.79. The second kappa shape index (κ2) is 8.86. The molecule has 1 N–H and O–H groups in total. The Morgan fingerprint density at radius 2 is 1.71 bits per heavy atom. The van der Waals surface area contributed by atoms with Crippen molar-refractivity contribution in [1.82, 2.24) is 10.2 Å². The lowest BCUT2D eigenvalue weighted by molar-refractivity contribution is 0.0940. The number of hydrogen-bond donors (Lipinski definition) is 1. The minimum atomic E-state index is -0.137. The molecule has 1 amide bonds. The standard InChI is InChI=1S/C20H25ClN2O/c1-4-23(5-2)14-16-10-12-17(13-11-16)20(24)22-15(3)18-8-6-7-9-19(18)21/h6-13,15H,4-5,14H2,1-3H3,(H,22,24). The molecule has 0 fully saturated rings. The molecule has 0 bridgehead atoms. The maximum absolute atomic E-state index is 12.4. The van der Waals surface area contributed by atoms with E-state index in [1.165, 1.54) is 5.56 Å². The zero-order valence-corrected chi connectivity index (χ0v) is 15.3. The lowest BCUT2D eigenvalue weighted by atomic mass is 10.1. The average Bonchev–Trinajstić information content (AvgIpc) is 2.60. The number of rotatable bonds is 7. The molecule has 3 nitrogen and oxygen atoms in total. The maximum atomic E-state index is 12.4. The number of nitrogens with one attached hydrogen (secondary N) is 1. The van der Waals surface area contributed by atoms with Crippen molar-refractivity contribution in [3.63, 3.8) is 0 Å². The van der Waals surface area contributed by atoms with Gasteiger partial charge in [0.2, 0.25) is 0 Å². The number of hydrogen-bond acceptors (Lipinski definition) is 2. The number of carbonyl (C=O) groups excluding carboxylic acids is 1. The van der Waals surface area contributed by atoms with Crippen LogP contribution in [0.5, 0.6) is 0 Å². The first kappa shape index (κ1) is 18.5. The molecule has 0 aliphatic carbocycles. The highest BCUT2D eigenvalue weighted by Gasteiger charge is 2.13. The maximum Gasteiger partial charge on any atom is 0.251 e. The molecule has 0 saturated heterocycles. The van der Waals surface area contributed by atoms with E-state index in [1.54, 1.807) is 0 Å². The van der Waals surface area contributed by atoms with Crippen molar-refractivity contribution < 1.29 is 4.79 Å². The molecule has 4 heteroatoms. The molecule has 1 atom stereocenters. The highest BCUT2D eigenvalue weighted by molar-refractivity contribution is 6.31. The summed E-state index contributed by atoms with van der Waals surface area (Å²) >= 11 is 6.19. The Kier molecular flexibility index (Phi) is 6.83. The van der Waals surface area contributed by atoms with E-state index in [-0.39, 0.29) is 11.9 Å². The summed E-state index contributed by atoms with van der Waals surface area (Å²) in [5, 5.41) is 3.67. The Morgan fingerprint density at radius 3 is 2.29 bits per heavy atom. The monoisotopic (exact) mass is 344 g/mol. The molecule has 0 spiro atoms. The number of carbonyl (C=O) groups is 1. The Labute approximate surface area is 149 Å². The minimum Gasteiger partial charge on any atom is -0.345 e. The van der Waals surface area contributed by atoms with E-state index < -0.39 is 0 Å². The summed E-state index contributed by atoms with van der Waals surface area (Å²) in [6.07, 6.45) is 0. The third-order valence-electron chi connectivity index (χ3n) is 4.24. The van der Waals surface area contributed by atoms with Gasteiger partial charge in [0.05, 0.1) is 6.04 Å².